The molecule has 3 heteroatoms. The van der Waals surface area contributed by atoms with Crippen LogP contribution >= 0.6 is 0 Å². The van der Waals surface area contributed by atoms with Gasteiger partial charge in [-0.1, -0.05) is 86.6 Å². The molecule has 35 heavy (non-hydrogen) atoms. The Hall–Kier alpha value is -2.18. The fourth-order valence-electron chi connectivity index (χ4n) is 4.77. The molecule has 2 unspecified atom stereocenters. The van der Waals surface area contributed by atoms with Crippen LogP contribution in [0.15, 0.2) is 121 Å². The topological polar surface area (TPSA) is 0 Å². The van der Waals surface area contributed by atoms with Crippen LogP contribution in [0, 0.1) is 12.2 Å². The minimum absolute atomic E-state index is 0. The van der Waals surface area contributed by atoms with Gasteiger partial charge in [0.05, 0.1) is 0 Å². The average Bonchev–Trinajstić information content (AvgIpc) is 3.40. The molecule has 0 aromatic heterocycles. The van der Waals surface area contributed by atoms with E-state index in [2.05, 4.69) is 147 Å². The van der Waals surface area contributed by atoms with E-state index in [1.165, 1.54) is 33.4 Å². The third kappa shape index (κ3) is 5.49. The van der Waals surface area contributed by atoms with E-state index in [1.54, 1.807) is 0 Å². The largest absolute Gasteiger partial charge is 4.00 e. The summed E-state index contributed by atoms with van der Waals surface area (Å²) in [7, 11) is 0. The molecule has 0 spiro atoms. The summed E-state index contributed by atoms with van der Waals surface area (Å²) in [5, 5.41) is 0. The van der Waals surface area contributed by atoms with Gasteiger partial charge < -0.3 is 24.8 Å². The molecular formula is C32H26Cl2Zr. The predicted octanol–water partition coefficient (Wildman–Crippen LogP) is 1.43. The van der Waals surface area contributed by atoms with E-state index in [0.29, 0.717) is 0 Å². The number of hydrogen-bond acceptors (Lipinski definition) is 0. The van der Waals surface area contributed by atoms with Gasteiger partial charge in [0.25, 0.3) is 0 Å². The van der Waals surface area contributed by atoms with Gasteiger partial charge in [0.1, 0.15) is 0 Å². The maximum absolute atomic E-state index is 3.36. The summed E-state index contributed by atoms with van der Waals surface area (Å²) >= 11 is 0. The van der Waals surface area contributed by atoms with Gasteiger partial charge in [-0.05, 0) is 22.0 Å². The van der Waals surface area contributed by atoms with Crippen LogP contribution in [0.1, 0.15) is 47.2 Å². The van der Waals surface area contributed by atoms with Crippen LogP contribution < -0.4 is 24.8 Å². The molecule has 0 saturated carbocycles. The van der Waals surface area contributed by atoms with E-state index in [0.717, 1.165) is 0 Å². The van der Waals surface area contributed by atoms with Crippen LogP contribution in [0.3, 0.4) is 0 Å². The molecular weight excluding hydrogens is 546 g/mol. The number of fused-ring (bicyclic) bond motifs is 2. The van der Waals surface area contributed by atoms with E-state index in [1.807, 2.05) is 0 Å². The van der Waals surface area contributed by atoms with Gasteiger partial charge in [0.15, 0.2) is 0 Å². The molecule has 2 aliphatic rings. The Morgan fingerprint density at radius 2 is 0.771 bits per heavy atom. The van der Waals surface area contributed by atoms with E-state index in [-0.39, 0.29) is 61.8 Å². The number of allylic oxidation sites excluding steroid dienone is 2. The number of hydrogen-bond donors (Lipinski definition) is 0. The summed E-state index contributed by atoms with van der Waals surface area (Å²) in [5.74, 6) is 0. The molecule has 2 aliphatic carbocycles. The Bertz CT molecular complexity index is 1190. The predicted molar refractivity (Wildman–Crippen MR) is 133 cm³/mol. The Balaban J connectivity index is 0.000000227. The molecule has 0 heterocycles. The second-order valence-corrected chi connectivity index (χ2v) is 8.81. The fraction of sp³-hybridized carbons (Fsp3) is 0.125. The first-order chi connectivity index (χ1) is 15.6. The zero-order chi connectivity index (χ0) is 22.0. The molecule has 0 bridgehead atoms. The van der Waals surface area contributed by atoms with Crippen molar-refractivity contribution >= 4 is 0 Å². The number of rotatable bonds is 2. The van der Waals surface area contributed by atoms with Crippen LogP contribution in [0.25, 0.3) is 0 Å². The fourth-order valence-corrected chi connectivity index (χ4v) is 4.77. The Morgan fingerprint density at radius 1 is 0.457 bits per heavy atom. The second-order valence-electron chi connectivity index (χ2n) is 8.81. The maximum atomic E-state index is 3.36. The Labute approximate surface area is 241 Å². The monoisotopic (exact) mass is 570 g/mol. The van der Waals surface area contributed by atoms with E-state index in [4.69, 9.17) is 0 Å². The minimum atomic E-state index is -0.0160. The molecule has 0 saturated heterocycles. The Kier molecular flexibility index (Phi) is 10.1. The van der Waals surface area contributed by atoms with Crippen molar-refractivity contribution in [3.05, 3.63) is 167 Å². The zero-order valence-electron chi connectivity index (χ0n) is 19.8. The molecule has 172 valence electrons. The minimum Gasteiger partial charge on any atom is -1.00 e. The summed E-state index contributed by atoms with van der Waals surface area (Å²) in [4.78, 5) is 0. The normalized spacial score (nSPS) is 20.2. The van der Waals surface area contributed by atoms with Crippen molar-refractivity contribution in [3.63, 3.8) is 0 Å². The third-order valence-corrected chi connectivity index (χ3v) is 6.75. The zero-order valence-corrected chi connectivity index (χ0v) is 23.8. The summed E-state index contributed by atoms with van der Waals surface area (Å²) in [6.07, 6.45) is 11.1. The standard InChI is InChI=1S/2C16H13.2ClH.Zr/c2*1-16(14-8-3-2-4-9-14)12-11-13-7-5-6-10-15(13)16;;;/h2*2-10,12H,1H3;2*1H;/q2*-1;;;+4/p-2. The molecule has 0 N–H and O–H groups in total. The van der Waals surface area contributed by atoms with Crippen LogP contribution in [0.4, 0.5) is 0 Å². The van der Waals surface area contributed by atoms with Gasteiger partial charge in [0, 0.05) is 0 Å². The van der Waals surface area contributed by atoms with Gasteiger partial charge in [-0.2, -0.15) is 35.4 Å². The Morgan fingerprint density at radius 3 is 1.14 bits per heavy atom. The van der Waals surface area contributed by atoms with Crippen LogP contribution in [-0.2, 0) is 37.0 Å². The van der Waals surface area contributed by atoms with Crippen molar-refractivity contribution in [1.29, 1.82) is 0 Å². The maximum Gasteiger partial charge on any atom is 4.00 e. The molecule has 4 aromatic carbocycles. The molecule has 0 nitrogen and oxygen atoms in total. The van der Waals surface area contributed by atoms with E-state index >= 15 is 0 Å². The number of benzene rings is 4. The van der Waals surface area contributed by atoms with Crippen molar-refractivity contribution in [1.82, 2.24) is 0 Å². The van der Waals surface area contributed by atoms with Gasteiger partial charge in [0.2, 0.25) is 0 Å². The molecule has 4 aromatic rings. The van der Waals surface area contributed by atoms with Crippen LogP contribution in [-0.4, -0.2) is 0 Å². The third-order valence-electron chi connectivity index (χ3n) is 6.75. The smallest absolute Gasteiger partial charge is 1.00 e. The molecule has 0 fully saturated rings. The SMILES string of the molecule is CC1(c2ccccc2)C=[C-]c2ccccc21.CC1(c2ccccc2)C=[C-]c2ccccc21.[Cl-].[Cl-].[Zr+4]. The van der Waals surface area contributed by atoms with Crippen LogP contribution in [0.2, 0.25) is 0 Å². The van der Waals surface area contributed by atoms with Crippen molar-refractivity contribution in [3.8, 4) is 0 Å². The van der Waals surface area contributed by atoms with Crippen molar-refractivity contribution in [2.75, 3.05) is 0 Å². The average molecular weight is 573 g/mol. The summed E-state index contributed by atoms with van der Waals surface area (Å²) in [5.41, 5.74) is 7.75. The summed E-state index contributed by atoms with van der Waals surface area (Å²) in [6.45, 7) is 4.50. The molecule has 2 atom stereocenters. The molecule has 6 rings (SSSR count). The quantitative estimate of drug-likeness (QED) is 0.319. The van der Waals surface area contributed by atoms with E-state index in [9.17, 15) is 0 Å². The summed E-state index contributed by atoms with van der Waals surface area (Å²) in [6, 6.07) is 38.2. The summed E-state index contributed by atoms with van der Waals surface area (Å²) < 4.78 is 0. The van der Waals surface area contributed by atoms with Gasteiger partial charge >= 0.3 is 26.2 Å². The second kappa shape index (κ2) is 12.2. The van der Waals surface area contributed by atoms with E-state index < -0.39 is 0 Å². The molecule has 0 amide bonds. The first-order valence-electron chi connectivity index (χ1n) is 11.1. The first kappa shape index (κ1) is 29.1. The van der Waals surface area contributed by atoms with Crippen LogP contribution in [0.5, 0.6) is 0 Å². The first-order valence-corrected chi connectivity index (χ1v) is 11.1. The van der Waals surface area contributed by atoms with Gasteiger partial charge in [-0.3, -0.25) is 0 Å². The van der Waals surface area contributed by atoms with Crippen molar-refractivity contribution in [2.45, 2.75) is 24.7 Å². The van der Waals surface area contributed by atoms with Gasteiger partial charge in [-0.25, -0.2) is 0 Å². The van der Waals surface area contributed by atoms with Crippen molar-refractivity contribution < 1.29 is 51.0 Å². The van der Waals surface area contributed by atoms with Crippen molar-refractivity contribution in [2.24, 2.45) is 0 Å². The molecule has 0 aliphatic heterocycles. The van der Waals surface area contributed by atoms with Gasteiger partial charge in [-0.15, -0.1) is 47.5 Å². The molecule has 0 radical (unpaired) electrons. The number of halogens is 2.